The van der Waals surface area contributed by atoms with Crippen LogP contribution < -0.4 is 15.4 Å². The monoisotopic (exact) mass is 565 g/mol. The van der Waals surface area contributed by atoms with Crippen molar-refractivity contribution < 1.29 is 9.53 Å². The van der Waals surface area contributed by atoms with Gasteiger partial charge in [-0.1, -0.05) is 65.5 Å². The molecule has 1 saturated carbocycles. The number of ether oxygens (including phenoxy) is 1. The summed E-state index contributed by atoms with van der Waals surface area (Å²) in [5.74, 6) is 2.35. The van der Waals surface area contributed by atoms with E-state index in [2.05, 4.69) is 67.9 Å². The number of fused-ring (bicyclic) bond motifs is 2. The number of benzene rings is 2. The molecule has 1 amide bonds. The summed E-state index contributed by atoms with van der Waals surface area (Å²) in [5.41, 5.74) is 3.63. The average Bonchev–Trinajstić information content (AvgIpc) is 3.37. The Labute approximate surface area is 229 Å². The molecule has 3 fully saturated rings. The Balaban J connectivity index is 1.33. The SMILES string of the molecule is COc1ccc(Br)c2c1CNC[C@]21CNCC1C(=O)N1CC[C@@H](c2ccccc2)C[C@H]1C1CCCCC1. The second-order valence-corrected chi connectivity index (χ2v) is 12.5. The lowest BCUT2D eigenvalue weighted by atomic mass is 9.67. The number of hydrogen-bond acceptors (Lipinski definition) is 4. The Bertz CT molecular complexity index is 1120. The zero-order chi connectivity index (χ0) is 25.4. The van der Waals surface area contributed by atoms with Crippen molar-refractivity contribution in [3.05, 3.63) is 63.6 Å². The van der Waals surface area contributed by atoms with Gasteiger partial charge < -0.3 is 20.3 Å². The topological polar surface area (TPSA) is 53.6 Å². The minimum atomic E-state index is -0.272. The van der Waals surface area contributed by atoms with Crippen LogP contribution in [0.15, 0.2) is 46.9 Å². The van der Waals surface area contributed by atoms with E-state index in [0.29, 0.717) is 23.8 Å². The van der Waals surface area contributed by atoms with Crippen molar-refractivity contribution in [1.82, 2.24) is 15.5 Å². The minimum absolute atomic E-state index is 0.0816. The Kier molecular flexibility index (Phi) is 7.34. The molecule has 1 aliphatic carbocycles. The van der Waals surface area contributed by atoms with E-state index in [1.807, 2.05) is 6.07 Å². The molecule has 0 radical (unpaired) electrons. The number of piperidine rings is 1. The number of rotatable bonds is 4. The summed E-state index contributed by atoms with van der Waals surface area (Å²) in [5, 5.41) is 7.29. The first-order chi connectivity index (χ1) is 18.1. The summed E-state index contributed by atoms with van der Waals surface area (Å²) in [6.07, 6.45) is 8.62. The minimum Gasteiger partial charge on any atom is -0.496 e. The van der Waals surface area contributed by atoms with E-state index in [4.69, 9.17) is 4.74 Å². The van der Waals surface area contributed by atoms with Gasteiger partial charge >= 0.3 is 0 Å². The number of carbonyl (C=O) groups excluding carboxylic acids is 1. The maximum absolute atomic E-state index is 14.7. The quantitative estimate of drug-likeness (QED) is 0.523. The molecule has 0 aromatic heterocycles. The lowest BCUT2D eigenvalue weighted by Crippen LogP contribution is -2.57. The van der Waals surface area contributed by atoms with Gasteiger partial charge in [0.2, 0.25) is 5.91 Å². The molecule has 2 aromatic rings. The van der Waals surface area contributed by atoms with Crippen LogP contribution in [-0.4, -0.2) is 50.1 Å². The van der Waals surface area contributed by atoms with Gasteiger partial charge in [0.15, 0.2) is 0 Å². The van der Waals surface area contributed by atoms with Crippen LogP contribution >= 0.6 is 15.9 Å². The van der Waals surface area contributed by atoms with Crippen molar-refractivity contribution in [2.75, 3.05) is 33.3 Å². The van der Waals surface area contributed by atoms with Crippen LogP contribution in [0, 0.1) is 11.8 Å². The van der Waals surface area contributed by atoms with Gasteiger partial charge in [0, 0.05) is 54.2 Å². The maximum atomic E-state index is 14.7. The highest BCUT2D eigenvalue weighted by molar-refractivity contribution is 9.10. The summed E-state index contributed by atoms with van der Waals surface area (Å²) in [7, 11) is 1.74. The predicted molar refractivity (Wildman–Crippen MR) is 151 cm³/mol. The fourth-order valence-corrected chi connectivity index (χ4v) is 8.77. The molecule has 2 saturated heterocycles. The fraction of sp³-hybridized carbons (Fsp3) is 0.581. The van der Waals surface area contributed by atoms with Crippen LogP contribution in [0.5, 0.6) is 5.75 Å². The lowest BCUT2D eigenvalue weighted by molar-refractivity contribution is -0.142. The Morgan fingerprint density at radius 3 is 2.59 bits per heavy atom. The van der Waals surface area contributed by atoms with E-state index in [-0.39, 0.29) is 11.3 Å². The van der Waals surface area contributed by atoms with Crippen molar-refractivity contribution >= 4 is 21.8 Å². The molecule has 0 bridgehead atoms. The van der Waals surface area contributed by atoms with E-state index < -0.39 is 0 Å². The predicted octanol–water partition coefficient (Wildman–Crippen LogP) is 5.37. The third kappa shape index (κ3) is 4.53. The highest BCUT2D eigenvalue weighted by Crippen LogP contribution is 2.48. The Hall–Kier alpha value is -1.89. The molecular weight excluding hydrogens is 526 g/mol. The number of methoxy groups -OCH3 is 1. The molecule has 6 rings (SSSR count). The lowest BCUT2D eigenvalue weighted by Gasteiger charge is -2.48. The van der Waals surface area contributed by atoms with E-state index in [1.54, 1.807) is 7.11 Å². The van der Waals surface area contributed by atoms with Gasteiger partial charge in [0.25, 0.3) is 0 Å². The molecule has 4 atom stereocenters. The molecule has 37 heavy (non-hydrogen) atoms. The van der Waals surface area contributed by atoms with Crippen LogP contribution in [0.25, 0.3) is 0 Å². The zero-order valence-electron chi connectivity index (χ0n) is 22.0. The van der Waals surface area contributed by atoms with Crippen LogP contribution in [-0.2, 0) is 16.8 Å². The van der Waals surface area contributed by atoms with Crippen LogP contribution in [0.3, 0.4) is 0 Å². The number of nitrogens with one attached hydrogen (secondary N) is 2. The molecule has 198 valence electrons. The van der Waals surface area contributed by atoms with Crippen molar-refractivity contribution in [1.29, 1.82) is 0 Å². The van der Waals surface area contributed by atoms with Crippen molar-refractivity contribution in [2.24, 2.45) is 11.8 Å². The van der Waals surface area contributed by atoms with Gasteiger partial charge in [-0.25, -0.2) is 0 Å². The normalized spacial score (nSPS) is 30.3. The highest BCUT2D eigenvalue weighted by atomic mass is 79.9. The van der Waals surface area contributed by atoms with Gasteiger partial charge in [-0.2, -0.15) is 0 Å². The standard InChI is InChI=1S/C31H40BrN3O2/c1-37-28-13-12-26(32)29-24(28)17-33-19-31(29)20-34-18-25(31)30(36)35-15-14-23(21-8-4-2-5-9-21)16-27(35)22-10-6-3-7-11-22/h2,4-5,8-9,12-13,22-23,25,27,33-34H,3,6-7,10-11,14-20H2,1H3/t23-,25?,27+,31-/m1/s1. The third-order valence-corrected chi connectivity index (χ3v) is 10.5. The van der Waals surface area contributed by atoms with Gasteiger partial charge in [0.05, 0.1) is 13.0 Å². The van der Waals surface area contributed by atoms with Gasteiger partial charge in [0.1, 0.15) is 5.75 Å². The van der Waals surface area contributed by atoms with E-state index >= 15 is 0 Å². The Morgan fingerprint density at radius 2 is 1.81 bits per heavy atom. The second kappa shape index (κ2) is 10.7. The van der Waals surface area contributed by atoms with Crippen LogP contribution in [0.4, 0.5) is 0 Å². The maximum Gasteiger partial charge on any atom is 0.228 e. The Morgan fingerprint density at radius 1 is 1.03 bits per heavy atom. The number of halogens is 1. The molecule has 3 aliphatic heterocycles. The van der Waals surface area contributed by atoms with Crippen LogP contribution in [0.2, 0.25) is 0 Å². The molecule has 1 spiro atoms. The number of likely N-dealkylation sites (tertiary alicyclic amines) is 1. The summed E-state index contributed by atoms with van der Waals surface area (Å²) >= 11 is 3.88. The first-order valence-electron chi connectivity index (χ1n) is 14.2. The second-order valence-electron chi connectivity index (χ2n) is 11.7. The van der Waals surface area contributed by atoms with E-state index in [0.717, 1.165) is 55.8 Å². The zero-order valence-corrected chi connectivity index (χ0v) is 23.6. The first kappa shape index (κ1) is 25.4. The van der Waals surface area contributed by atoms with Crippen molar-refractivity contribution in [3.8, 4) is 5.75 Å². The molecular formula is C31H40BrN3O2. The summed E-state index contributed by atoms with van der Waals surface area (Å²) in [6, 6.07) is 15.5. The molecule has 6 heteroatoms. The van der Waals surface area contributed by atoms with Gasteiger partial charge in [-0.05, 0) is 60.8 Å². The van der Waals surface area contributed by atoms with E-state index in [1.165, 1.54) is 48.8 Å². The molecule has 4 aliphatic rings. The molecule has 2 aromatic carbocycles. The summed E-state index contributed by atoms with van der Waals surface area (Å²) in [6.45, 7) is 3.99. The smallest absolute Gasteiger partial charge is 0.228 e. The largest absolute Gasteiger partial charge is 0.496 e. The molecule has 2 N–H and O–H groups in total. The summed E-state index contributed by atoms with van der Waals surface area (Å²) < 4.78 is 6.85. The number of hydrogen-bond donors (Lipinski definition) is 2. The third-order valence-electron chi connectivity index (χ3n) is 9.83. The van der Waals surface area contributed by atoms with E-state index in [9.17, 15) is 4.79 Å². The number of carbonyl (C=O) groups is 1. The van der Waals surface area contributed by atoms with Crippen molar-refractivity contribution in [3.63, 3.8) is 0 Å². The molecule has 3 heterocycles. The van der Waals surface area contributed by atoms with Crippen LogP contribution in [0.1, 0.15) is 67.6 Å². The molecule has 1 unspecified atom stereocenters. The van der Waals surface area contributed by atoms with Gasteiger partial charge in [-0.3, -0.25) is 4.79 Å². The number of nitrogens with zero attached hydrogens (tertiary/aromatic N) is 1. The fourth-order valence-electron chi connectivity index (χ4n) is 8.00. The molecule has 5 nitrogen and oxygen atoms in total. The van der Waals surface area contributed by atoms with Gasteiger partial charge in [-0.15, -0.1) is 0 Å². The first-order valence-corrected chi connectivity index (χ1v) is 15.0. The average molecular weight is 567 g/mol. The van der Waals surface area contributed by atoms with Crippen molar-refractivity contribution in [2.45, 2.75) is 68.9 Å². The summed E-state index contributed by atoms with van der Waals surface area (Å²) in [4.78, 5) is 17.0. The number of amides is 1. The highest BCUT2D eigenvalue weighted by Gasteiger charge is 2.53.